The van der Waals surface area contributed by atoms with Gasteiger partial charge in [0.25, 0.3) is 11.5 Å². The maximum absolute atomic E-state index is 12.7. The van der Waals surface area contributed by atoms with Crippen LogP contribution in [0.15, 0.2) is 4.99 Å². The third kappa shape index (κ3) is 2.41. The summed E-state index contributed by atoms with van der Waals surface area (Å²) in [7, 11) is 0. The molecule has 3 rings (SSSR count). The molecule has 0 aromatic rings. The van der Waals surface area contributed by atoms with Crippen LogP contribution in [0.4, 0.5) is 4.79 Å². The zero-order valence-corrected chi connectivity index (χ0v) is 13.0. The van der Waals surface area contributed by atoms with E-state index in [-0.39, 0.29) is 24.0 Å². The highest BCUT2D eigenvalue weighted by atomic mass is 35.5. The van der Waals surface area contributed by atoms with Gasteiger partial charge in [0.05, 0.1) is 12.5 Å². The number of amides is 3. The van der Waals surface area contributed by atoms with Gasteiger partial charge in [0, 0.05) is 0 Å². The topological polar surface area (TPSA) is 159 Å². The Balaban J connectivity index is 2.03. The Morgan fingerprint density at radius 3 is 2.67 bits per heavy atom. The summed E-state index contributed by atoms with van der Waals surface area (Å²) in [6.45, 7) is -0.567. The maximum atomic E-state index is 12.7. The van der Waals surface area contributed by atoms with E-state index in [1.807, 2.05) is 0 Å². The van der Waals surface area contributed by atoms with Crippen molar-refractivity contribution in [2.75, 3.05) is 19.0 Å². The Bertz CT molecular complexity index is 679. The number of amidine groups is 1. The van der Waals surface area contributed by atoms with E-state index >= 15 is 0 Å². The molecule has 1 saturated heterocycles. The van der Waals surface area contributed by atoms with Crippen molar-refractivity contribution >= 4 is 41.0 Å². The predicted molar refractivity (Wildman–Crippen MR) is 79.2 cm³/mol. The second-order valence-corrected chi connectivity index (χ2v) is 5.69. The SMILES string of the molecule is N=C1N=C2C(=[N+](CCCl)C(=O)N2[C@@H]2O[C@H](CO)[C@@H](O)[C@H]2O)C(=O)N1. The van der Waals surface area contributed by atoms with Crippen LogP contribution in [-0.4, -0.2) is 97.8 Å². The van der Waals surface area contributed by atoms with Gasteiger partial charge in [-0.05, 0) is 0 Å². The van der Waals surface area contributed by atoms with Crippen LogP contribution in [0.3, 0.4) is 0 Å². The number of halogens is 1. The third-order valence-corrected chi connectivity index (χ3v) is 4.06. The van der Waals surface area contributed by atoms with Gasteiger partial charge in [0.15, 0.2) is 0 Å². The van der Waals surface area contributed by atoms with Crippen LogP contribution in [0.1, 0.15) is 0 Å². The molecule has 11 nitrogen and oxygen atoms in total. The van der Waals surface area contributed by atoms with Crippen molar-refractivity contribution in [1.29, 1.82) is 5.41 Å². The molecule has 0 spiro atoms. The van der Waals surface area contributed by atoms with Crippen molar-refractivity contribution < 1.29 is 34.2 Å². The smallest absolute Gasteiger partial charge is 0.394 e. The molecule has 0 saturated carbocycles. The van der Waals surface area contributed by atoms with Gasteiger partial charge in [-0.1, -0.05) is 0 Å². The first kappa shape index (κ1) is 16.9. The molecular formula is C12H15ClN5O6+. The van der Waals surface area contributed by atoms with Crippen molar-refractivity contribution in [2.24, 2.45) is 4.99 Å². The lowest BCUT2D eigenvalue weighted by molar-refractivity contribution is -0.423. The molecular weight excluding hydrogens is 346 g/mol. The molecule has 3 heterocycles. The number of carbonyl (C=O) groups is 2. The molecule has 4 atom stereocenters. The third-order valence-electron chi connectivity index (χ3n) is 3.89. The number of aliphatic hydroxyl groups excluding tert-OH is 3. The number of fused-ring (bicyclic) bond motifs is 1. The Morgan fingerprint density at radius 1 is 1.38 bits per heavy atom. The molecule has 130 valence electrons. The fourth-order valence-corrected chi connectivity index (χ4v) is 2.97. The minimum atomic E-state index is -1.52. The number of carbonyl (C=O) groups excluding carboxylic acids is 2. The number of hydrogen-bond acceptors (Lipinski definition) is 7. The van der Waals surface area contributed by atoms with E-state index in [2.05, 4.69) is 10.3 Å². The molecule has 0 bridgehead atoms. The van der Waals surface area contributed by atoms with E-state index in [1.54, 1.807) is 0 Å². The number of hydrogen-bond donors (Lipinski definition) is 5. The normalized spacial score (nSPS) is 33.1. The Hall–Kier alpha value is -1.92. The lowest BCUT2D eigenvalue weighted by Gasteiger charge is -2.20. The zero-order chi connectivity index (χ0) is 17.6. The number of aliphatic imine (C=N–C) groups is 1. The van der Waals surface area contributed by atoms with Crippen molar-refractivity contribution in [3.8, 4) is 0 Å². The van der Waals surface area contributed by atoms with Crippen LogP contribution in [-0.2, 0) is 9.53 Å². The maximum Gasteiger partial charge on any atom is 0.502 e. The molecule has 3 aliphatic rings. The molecule has 1 fully saturated rings. The van der Waals surface area contributed by atoms with Gasteiger partial charge in [0.1, 0.15) is 24.9 Å². The van der Waals surface area contributed by atoms with Crippen molar-refractivity contribution in [3.63, 3.8) is 0 Å². The number of alkyl halides is 1. The highest BCUT2D eigenvalue weighted by molar-refractivity contribution is 6.70. The number of guanidine groups is 1. The molecule has 3 aliphatic heterocycles. The number of nitrogens with zero attached hydrogens (tertiary/aromatic N) is 3. The molecule has 5 N–H and O–H groups in total. The summed E-state index contributed by atoms with van der Waals surface area (Å²) in [6.07, 6.45) is -5.40. The van der Waals surface area contributed by atoms with Gasteiger partial charge in [-0.3, -0.25) is 15.5 Å². The largest absolute Gasteiger partial charge is 0.502 e. The number of nitrogens with one attached hydrogen (secondary N) is 2. The van der Waals surface area contributed by atoms with E-state index in [0.29, 0.717) is 0 Å². The first-order chi connectivity index (χ1) is 11.4. The van der Waals surface area contributed by atoms with Crippen LogP contribution in [0, 0.1) is 5.41 Å². The quantitative estimate of drug-likeness (QED) is 0.266. The second-order valence-electron chi connectivity index (χ2n) is 5.31. The summed E-state index contributed by atoms with van der Waals surface area (Å²) in [4.78, 5) is 29.5. The van der Waals surface area contributed by atoms with Gasteiger partial charge in [0.2, 0.25) is 12.2 Å². The van der Waals surface area contributed by atoms with Gasteiger partial charge in [-0.2, -0.15) is 14.4 Å². The van der Waals surface area contributed by atoms with Crippen molar-refractivity contribution in [1.82, 2.24) is 10.2 Å². The van der Waals surface area contributed by atoms with Gasteiger partial charge in [-0.15, -0.1) is 16.5 Å². The first-order valence-electron chi connectivity index (χ1n) is 7.05. The molecule has 3 amide bonds. The fraction of sp³-hybridized carbons (Fsp3) is 0.583. The second kappa shape index (κ2) is 6.18. The van der Waals surface area contributed by atoms with Crippen LogP contribution in [0.5, 0.6) is 0 Å². The van der Waals surface area contributed by atoms with Crippen LogP contribution in [0.25, 0.3) is 0 Å². The van der Waals surface area contributed by atoms with Crippen LogP contribution >= 0.6 is 11.6 Å². The van der Waals surface area contributed by atoms with E-state index in [9.17, 15) is 24.9 Å². The lowest BCUT2D eigenvalue weighted by atomic mass is 10.1. The Kier molecular flexibility index (Phi) is 4.36. The number of urea groups is 1. The molecule has 0 unspecified atom stereocenters. The minimum absolute atomic E-state index is 0.000787. The highest BCUT2D eigenvalue weighted by Gasteiger charge is 2.59. The predicted octanol–water partition coefficient (Wildman–Crippen LogP) is -2.98. The monoisotopic (exact) mass is 360 g/mol. The Morgan fingerprint density at radius 2 is 2.08 bits per heavy atom. The average molecular weight is 361 g/mol. The molecule has 0 aliphatic carbocycles. The highest BCUT2D eigenvalue weighted by Crippen LogP contribution is 2.27. The van der Waals surface area contributed by atoms with Gasteiger partial charge < -0.3 is 20.1 Å². The van der Waals surface area contributed by atoms with E-state index < -0.39 is 49.0 Å². The van der Waals surface area contributed by atoms with E-state index in [1.165, 1.54) is 0 Å². The van der Waals surface area contributed by atoms with E-state index in [0.717, 1.165) is 9.48 Å². The summed E-state index contributed by atoms with van der Waals surface area (Å²) in [6, 6.07) is -0.732. The summed E-state index contributed by atoms with van der Waals surface area (Å²) < 4.78 is 6.39. The zero-order valence-electron chi connectivity index (χ0n) is 12.2. The minimum Gasteiger partial charge on any atom is -0.394 e. The summed E-state index contributed by atoms with van der Waals surface area (Å²) >= 11 is 5.67. The molecule has 24 heavy (non-hydrogen) atoms. The van der Waals surface area contributed by atoms with Gasteiger partial charge >= 0.3 is 11.9 Å². The van der Waals surface area contributed by atoms with Gasteiger partial charge in [-0.25, -0.2) is 0 Å². The average Bonchev–Trinajstić information content (AvgIpc) is 2.96. The summed E-state index contributed by atoms with van der Waals surface area (Å²) in [5.74, 6) is -1.32. The molecule has 0 aromatic heterocycles. The Labute approximate surface area is 140 Å². The van der Waals surface area contributed by atoms with Crippen molar-refractivity contribution in [2.45, 2.75) is 24.5 Å². The molecule has 12 heteroatoms. The summed E-state index contributed by atoms with van der Waals surface area (Å²) in [5.41, 5.74) is -0.116. The number of ether oxygens (including phenoxy) is 1. The molecule has 0 radical (unpaired) electrons. The van der Waals surface area contributed by atoms with Crippen LogP contribution < -0.4 is 5.32 Å². The van der Waals surface area contributed by atoms with Crippen molar-refractivity contribution in [3.05, 3.63) is 0 Å². The van der Waals surface area contributed by atoms with E-state index in [4.69, 9.17) is 21.7 Å². The summed E-state index contributed by atoms with van der Waals surface area (Å²) in [5, 5.41) is 38.9. The number of aliphatic hydroxyl groups is 3. The first-order valence-corrected chi connectivity index (χ1v) is 7.59. The van der Waals surface area contributed by atoms with Crippen LogP contribution in [0.2, 0.25) is 0 Å². The number of rotatable bonds is 4. The molecule has 0 aromatic carbocycles. The fourth-order valence-electron chi connectivity index (χ4n) is 2.80. The standard InChI is InChI=1S/C12H14ClN5O6/c13-1-2-17-5-8(15-11(14)16-9(5)22)18(12(17)23)10-7(21)6(20)4(3-19)24-10/h4,6-7,10,19-21H,1-3H2,(H-,14,16,22)/p+1/t4-,6-,7-,10-/m1/s1. The lowest BCUT2D eigenvalue weighted by Crippen LogP contribution is -2.53.